The van der Waals surface area contributed by atoms with Crippen molar-refractivity contribution in [1.82, 2.24) is 15.5 Å². The summed E-state index contributed by atoms with van der Waals surface area (Å²) in [4.78, 5) is 37.8. The maximum absolute atomic E-state index is 12.2. The molecule has 3 aliphatic rings. The van der Waals surface area contributed by atoms with Crippen molar-refractivity contribution < 1.29 is 19.5 Å². The number of hydrogen-bond acceptors (Lipinski definition) is 4. The van der Waals surface area contributed by atoms with Gasteiger partial charge in [0.25, 0.3) is 0 Å². The molecule has 3 amide bonds. The van der Waals surface area contributed by atoms with Gasteiger partial charge in [-0.05, 0) is 37.5 Å². The third-order valence-corrected chi connectivity index (χ3v) is 6.42. The number of carboxylic acid groups (broad SMARTS) is 1. The van der Waals surface area contributed by atoms with Gasteiger partial charge in [-0.3, -0.25) is 19.8 Å². The minimum atomic E-state index is -0.748. The maximum Gasteiger partial charge on any atom is 0.321 e. The van der Waals surface area contributed by atoms with Gasteiger partial charge in [0.05, 0.1) is 12.0 Å². The van der Waals surface area contributed by atoms with Gasteiger partial charge in [0.15, 0.2) is 0 Å². The fourth-order valence-corrected chi connectivity index (χ4v) is 4.97. The van der Waals surface area contributed by atoms with Gasteiger partial charge >= 0.3 is 12.0 Å². The molecule has 140 valence electrons. The van der Waals surface area contributed by atoms with Gasteiger partial charge in [-0.2, -0.15) is 0 Å². The summed E-state index contributed by atoms with van der Waals surface area (Å²) in [5.41, 5.74) is -0.694. The predicted molar refractivity (Wildman–Crippen MR) is 91.9 cm³/mol. The lowest BCUT2D eigenvalue weighted by molar-refractivity contribution is -0.149. The molecule has 2 saturated carbocycles. The van der Waals surface area contributed by atoms with Gasteiger partial charge in [-0.1, -0.05) is 26.2 Å². The van der Waals surface area contributed by atoms with Crippen LogP contribution in [0.3, 0.4) is 0 Å². The molecule has 1 saturated heterocycles. The van der Waals surface area contributed by atoms with Crippen LogP contribution in [0.2, 0.25) is 0 Å². The summed E-state index contributed by atoms with van der Waals surface area (Å²) < 4.78 is 0. The number of carbonyl (C=O) groups excluding carboxylic acids is 2. The van der Waals surface area contributed by atoms with Crippen LogP contribution >= 0.6 is 0 Å². The third-order valence-electron chi connectivity index (χ3n) is 6.42. The highest BCUT2D eigenvalue weighted by Gasteiger charge is 2.54. The summed E-state index contributed by atoms with van der Waals surface area (Å²) >= 11 is 0. The molecule has 4 atom stereocenters. The molecule has 25 heavy (non-hydrogen) atoms. The predicted octanol–water partition coefficient (Wildman–Crippen LogP) is 1.58. The number of nitrogens with zero attached hydrogens (tertiary/aromatic N) is 1. The lowest BCUT2D eigenvalue weighted by Crippen LogP contribution is -2.49. The SMILES string of the molecule is CC1CCCCC1NC(=O)NC(=O)CN1C[C@@H]2CCC[C@@]2(C(=O)O)C1. The molecule has 0 radical (unpaired) electrons. The first-order valence-electron chi connectivity index (χ1n) is 9.47. The van der Waals surface area contributed by atoms with Crippen LogP contribution in [-0.2, 0) is 9.59 Å². The number of fused-ring (bicyclic) bond motifs is 1. The van der Waals surface area contributed by atoms with Gasteiger partial charge in [0.1, 0.15) is 0 Å². The Balaban J connectivity index is 1.47. The molecule has 0 bridgehead atoms. The van der Waals surface area contributed by atoms with Crippen molar-refractivity contribution in [2.45, 2.75) is 57.9 Å². The van der Waals surface area contributed by atoms with Crippen molar-refractivity contribution >= 4 is 17.9 Å². The zero-order chi connectivity index (χ0) is 18.0. The second-order valence-electron chi connectivity index (χ2n) is 8.11. The molecule has 1 heterocycles. The quantitative estimate of drug-likeness (QED) is 0.714. The topological polar surface area (TPSA) is 98.7 Å². The van der Waals surface area contributed by atoms with Crippen LogP contribution in [0, 0.1) is 17.3 Å². The highest BCUT2D eigenvalue weighted by atomic mass is 16.4. The largest absolute Gasteiger partial charge is 0.481 e. The molecular weight excluding hydrogens is 322 g/mol. The summed E-state index contributed by atoms with van der Waals surface area (Å²) in [5.74, 6) is -0.555. The van der Waals surface area contributed by atoms with E-state index in [1.807, 2.05) is 4.90 Å². The number of rotatable bonds is 4. The van der Waals surface area contributed by atoms with Crippen molar-refractivity contribution in [3.8, 4) is 0 Å². The minimum absolute atomic E-state index is 0.0825. The van der Waals surface area contributed by atoms with Crippen molar-refractivity contribution in [2.75, 3.05) is 19.6 Å². The monoisotopic (exact) mass is 351 g/mol. The lowest BCUT2D eigenvalue weighted by Gasteiger charge is -2.29. The molecule has 2 unspecified atom stereocenters. The van der Waals surface area contributed by atoms with Crippen molar-refractivity contribution in [3.63, 3.8) is 0 Å². The first-order chi connectivity index (χ1) is 11.9. The van der Waals surface area contributed by atoms with E-state index < -0.39 is 17.4 Å². The second kappa shape index (κ2) is 7.32. The van der Waals surface area contributed by atoms with Gasteiger partial charge in [-0.25, -0.2) is 4.79 Å². The average Bonchev–Trinajstić information content (AvgIpc) is 3.07. The number of urea groups is 1. The third kappa shape index (κ3) is 3.81. The molecule has 7 nitrogen and oxygen atoms in total. The van der Waals surface area contributed by atoms with E-state index in [9.17, 15) is 19.5 Å². The number of likely N-dealkylation sites (tertiary alicyclic amines) is 1. The summed E-state index contributed by atoms with van der Waals surface area (Å²) in [6.45, 7) is 3.24. The number of carbonyl (C=O) groups is 3. The number of carboxylic acids is 1. The van der Waals surface area contributed by atoms with Gasteiger partial charge in [0, 0.05) is 19.1 Å². The smallest absolute Gasteiger partial charge is 0.321 e. The van der Waals surface area contributed by atoms with Crippen molar-refractivity contribution in [3.05, 3.63) is 0 Å². The van der Waals surface area contributed by atoms with Gasteiger partial charge in [-0.15, -0.1) is 0 Å². The number of amides is 3. The maximum atomic E-state index is 12.2. The standard InChI is InChI=1S/C18H29N3O4/c1-12-5-2-3-7-14(12)19-17(25)20-15(22)10-21-9-13-6-4-8-18(13,11-21)16(23)24/h12-14H,2-11H2,1H3,(H,23,24)(H2,19,20,22,25)/t12?,13-,14?,18+/m0/s1. The summed E-state index contributed by atoms with van der Waals surface area (Å²) in [7, 11) is 0. The molecule has 3 rings (SSSR count). The van der Waals surface area contributed by atoms with Crippen LogP contribution in [0.5, 0.6) is 0 Å². The van der Waals surface area contributed by atoms with Crippen LogP contribution in [0.1, 0.15) is 51.9 Å². The Labute approximate surface area is 148 Å². The number of hydrogen-bond donors (Lipinski definition) is 3. The average molecular weight is 351 g/mol. The summed E-state index contributed by atoms with van der Waals surface area (Å²) in [6.07, 6.45) is 6.90. The van der Waals surface area contributed by atoms with E-state index in [1.54, 1.807) is 0 Å². The van der Waals surface area contributed by atoms with E-state index in [-0.39, 0.29) is 24.4 Å². The van der Waals surface area contributed by atoms with Crippen LogP contribution < -0.4 is 10.6 Å². The Kier molecular flexibility index (Phi) is 5.32. The Bertz CT molecular complexity index is 552. The van der Waals surface area contributed by atoms with Crippen LogP contribution in [0.15, 0.2) is 0 Å². The molecule has 0 aromatic carbocycles. The van der Waals surface area contributed by atoms with Crippen LogP contribution in [0.25, 0.3) is 0 Å². The highest BCUT2D eigenvalue weighted by molar-refractivity contribution is 5.95. The number of imide groups is 1. The number of aliphatic carboxylic acids is 1. The molecular formula is C18H29N3O4. The van der Waals surface area contributed by atoms with E-state index >= 15 is 0 Å². The fraction of sp³-hybridized carbons (Fsp3) is 0.833. The van der Waals surface area contributed by atoms with E-state index in [0.29, 0.717) is 25.4 Å². The van der Waals surface area contributed by atoms with Gasteiger partial charge in [0.2, 0.25) is 5.91 Å². The molecule has 0 aromatic rings. The first kappa shape index (κ1) is 18.2. The number of nitrogens with one attached hydrogen (secondary N) is 2. The Morgan fingerprint density at radius 2 is 1.92 bits per heavy atom. The Morgan fingerprint density at radius 1 is 1.16 bits per heavy atom. The second-order valence-corrected chi connectivity index (χ2v) is 8.11. The Morgan fingerprint density at radius 3 is 2.60 bits per heavy atom. The summed E-state index contributed by atoms with van der Waals surface area (Å²) in [5, 5.41) is 14.9. The van der Waals surface area contributed by atoms with Crippen molar-refractivity contribution in [1.29, 1.82) is 0 Å². The fourth-order valence-electron chi connectivity index (χ4n) is 4.97. The molecule has 2 aliphatic carbocycles. The molecule has 3 N–H and O–H groups in total. The van der Waals surface area contributed by atoms with E-state index in [4.69, 9.17) is 0 Å². The van der Waals surface area contributed by atoms with E-state index in [0.717, 1.165) is 32.1 Å². The molecule has 0 spiro atoms. The zero-order valence-electron chi connectivity index (χ0n) is 14.9. The van der Waals surface area contributed by atoms with Crippen molar-refractivity contribution in [2.24, 2.45) is 17.3 Å². The van der Waals surface area contributed by atoms with E-state index in [2.05, 4.69) is 17.6 Å². The normalized spacial score (nSPS) is 35.2. The van der Waals surface area contributed by atoms with Crippen LogP contribution in [-0.4, -0.2) is 53.6 Å². The van der Waals surface area contributed by atoms with Gasteiger partial charge < -0.3 is 10.4 Å². The summed E-state index contributed by atoms with van der Waals surface area (Å²) in [6, 6.07) is -0.306. The molecule has 0 aromatic heterocycles. The van der Waals surface area contributed by atoms with Crippen LogP contribution in [0.4, 0.5) is 4.79 Å². The minimum Gasteiger partial charge on any atom is -0.481 e. The Hall–Kier alpha value is -1.63. The molecule has 3 fully saturated rings. The lowest BCUT2D eigenvalue weighted by atomic mass is 9.81. The molecule has 7 heteroatoms. The highest BCUT2D eigenvalue weighted by Crippen LogP contribution is 2.48. The van der Waals surface area contributed by atoms with E-state index in [1.165, 1.54) is 6.42 Å². The zero-order valence-corrected chi connectivity index (χ0v) is 14.9. The first-order valence-corrected chi connectivity index (χ1v) is 9.47. The molecule has 1 aliphatic heterocycles.